The molecule has 0 spiro atoms. The zero-order valence-corrected chi connectivity index (χ0v) is 11.2. The SMILES string of the molecule is Cc1cc(C(N)=S)nc(Nc2cc(C)n(C)n2)n1. The van der Waals surface area contributed by atoms with Gasteiger partial charge in [-0.3, -0.25) is 4.68 Å². The molecule has 0 aliphatic heterocycles. The third-order valence-corrected chi connectivity index (χ3v) is 2.67. The first-order valence-corrected chi connectivity index (χ1v) is 5.79. The Bertz CT molecular complexity index is 584. The average molecular weight is 262 g/mol. The summed E-state index contributed by atoms with van der Waals surface area (Å²) in [5, 5.41) is 7.30. The number of hydrogen-bond donors (Lipinski definition) is 2. The maximum Gasteiger partial charge on any atom is 0.229 e. The molecule has 0 amide bonds. The molecule has 0 radical (unpaired) electrons. The molecule has 0 saturated heterocycles. The van der Waals surface area contributed by atoms with Crippen LogP contribution in [0.3, 0.4) is 0 Å². The molecular formula is C11H14N6S. The summed E-state index contributed by atoms with van der Waals surface area (Å²) >= 11 is 4.91. The summed E-state index contributed by atoms with van der Waals surface area (Å²) in [4.78, 5) is 8.74. The van der Waals surface area contributed by atoms with E-state index in [0.717, 1.165) is 11.4 Å². The van der Waals surface area contributed by atoms with E-state index < -0.39 is 0 Å². The van der Waals surface area contributed by atoms with Gasteiger partial charge >= 0.3 is 0 Å². The Labute approximate surface area is 110 Å². The fourth-order valence-electron chi connectivity index (χ4n) is 1.49. The van der Waals surface area contributed by atoms with Crippen LogP contribution in [0.25, 0.3) is 0 Å². The smallest absolute Gasteiger partial charge is 0.229 e. The van der Waals surface area contributed by atoms with Crippen LogP contribution in [0.2, 0.25) is 0 Å². The molecule has 2 heterocycles. The lowest BCUT2D eigenvalue weighted by molar-refractivity contribution is 0.742. The molecule has 2 aromatic heterocycles. The van der Waals surface area contributed by atoms with Crippen molar-refractivity contribution in [2.45, 2.75) is 13.8 Å². The van der Waals surface area contributed by atoms with Crippen molar-refractivity contribution in [3.8, 4) is 0 Å². The van der Waals surface area contributed by atoms with Gasteiger partial charge in [0.1, 0.15) is 10.7 Å². The first kappa shape index (κ1) is 12.4. The Morgan fingerprint density at radius 1 is 1.33 bits per heavy atom. The maximum absolute atomic E-state index is 5.57. The Hall–Kier alpha value is -2.02. The summed E-state index contributed by atoms with van der Waals surface area (Å²) in [5.74, 6) is 1.13. The highest BCUT2D eigenvalue weighted by molar-refractivity contribution is 7.80. The van der Waals surface area contributed by atoms with Gasteiger partial charge in [-0.15, -0.1) is 0 Å². The van der Waals surface area contributed by atoms with Crippen LogP contribution in [0.5, 0.6) is 0 Å². The van der Waals surface area contributed by atoms with Crippen molar-refractivity contribution in [3.05, 3.63) is 29.2 Å². The van der Waals surface area contributed by atoms with Crippen LogP contribution >= 0.6 is 12.2 Å². The van der Waals surface area contributed by atoms with E-state index in [0.29, 0.717) is 17.5 Å². The molecule has 3 N–H and O–H groups in total. The van der Waals surface area contributed by atoms with E-state index in [1.807, 2.05) is 27.0 Å². The molecule has 0 unspecified atom stereocenters. The van der Waals surface area contributed by atoms with E-state index in [9.17, 15) is 0 Å². The molecule has 7 heteroatoms. The van der Waals surface area contributed by atoms with Crippen LogP contribution in [0.1, 0.15) is 17.1 Å². The molecule has 2 rings (SSSR count). The topological polar surface area (TPSA) is 81.6 Å². The minimum Gasteiger partial charge on any atom is -0.388 e. The van der Waals surface area contributed by atoms with Crippen molar-refractivity contribution in [2.75, 3.05) is 5.32 Å². The first-order chi connectivity index (χ1) is 8.45. The Morgan fingerprint density at radius 3 is 2.61 bits per heavy atom. The number of rotatable bonds is 3. The molecule has 0 aliphatic carbocycles. The van der Waals surface area contributed by atoms with Crippen molar-refractivity contribution in [1.29, 1.82) is 0 Å². The van der Waals surface area contributed by atoms with E-state index >= 15 is 0 Å². The van der Waals surface area contributed by atoms with Crippen LogP contribution < -0.4 is 11.1 Å². The van der Waals surface area contributed by atoms with Gasteiger partial charge in [-0.05, 0) is 19.9 Å². The van der Waals surface area contributed by atoms with Crippen LogP contribution in [0.4, 0.5) is 11.8 Å². The second-order valence-corrected chi connectivity index (χ2v) is 4.44. The number of thiocarbonyl (C=S) groups is 1. The van der Waals surface area contributed by atoms with Gasteiger partial charge in [0.25, 0.3) is 0 Å². The largest absolute Gasteiger partial charge is 0.388 e. The monoisotopic (exact) mass is 262 g/mol. The second-order valence-electron chi connectivity index (χ2n) is 4.00. The van der Waals surface area contributed by atoms with Crippen molar-refractivity contribution in [3.63, 3.8) is 0 Å². The van der Waals surface area contributed by atoms with Gasteiger partial charge in [0, 0.05) is 24.5 Å². The molecule has 94 valence electrons. The third kappa shape index (κ3) is 2.62. The number of nitrogens with one attached hydrogen (secondary N) is 1. The number of nitrogens with zero attached hydrogens (tertiary/aromatic N) is 4. The van der Waals surface area contributed by atoms with Gasteiger partial charge in [-0.1, -0.05) is 12.2 Å². The van der Waals surface area contributed by atoms with Gasteiger partial charge in [0.2, 0.25) is 5.95 Å². The number of hydrogen-bond acceptors (Lipinski definition) is 5. The predicted octanol–water partition coefficient (Wildman–Crippen LogP) is 1.20. The molecule has 0 aliphatic rings. The molecule has 0 fully saturated rings. The highest BCUT2D eigenvalue weighted by Gasteiger charge is 2.07. The van der Waals surface area contributed by atoms with Crippen molar-refractivity contribution < 1.29 is 0 Å². The zero-order chi connectivity index (χ0) is 13.3. The van der Waals surface area contributed by atoms with Crippen LogP contribution in [0.15, 0.2) is 12.1 Å². The molecule has 2 aromatic rings. The van der Waals surface area contributed by atoms with Crippen molar-refractivity contribution in [2.24, 2.45) is 12.8 Å². The predicted molar refractivity (Wildman–Crippen MR) is 73.9 cm³/mol. The van der Waals surface area contributed by atoms with Crippen molar-refractivity contribution >= 4 is 29.0 Å². The lowest BCUT2D eigenvalue weighted by Gasteiger charge is -2.05. The van der Waals surface area contributed by atoms with Crippen LogP contribution in [-0.4, -0.2) is 24.7 Å². The van der Waals surface area contributed by atoms with E-state index in [2.05, 4.69) is 20.4 Å². The van der Waals surface area contributed by atoms with Gasteiger partial charge in [0.15, 0.2) is 5.82 Å². The number of aromatic nitrogens is 4. The third-order valence-electron chi connectivity index (χ3n) is 2.46. The Morgan fingerprint density at radius 2 is 2.06 bits per heavy atom. The van der Waals surface area contributed by atoms with Gasteiger partial charge < -0.3 is 11.1 Å². The second kappa shape index (κ2) is 4.69. The van der Waals surface area contributed by atoms with Gasteiger partial charge in [0.05, 0.1) is 0 Å². The molecule has 0 bridgehead atoms. The summed E-state index contributed by atoms with van der Waals surface area (Å²) in [7, 11) is 1.87. The van der Waals surface area contributed by atoms with Crippen LogP contribution in [0, 0.1) is 13.8 Å². The van der Waals surface area contributed by atoms with Crippen LogP contribution in [-0.2, 0) is 7.05 Å². The van der Waals surface area contributed by atoms with E-state index in [1.54, 1.807) is 10.7 Å². The van der Waals surface area contributed by atoms with Crippen molar-refractivity contribution in [1.82, 2.24) is 19.7 Å². The fraction of sp³-hybridized carbons (Fsp3) is 0.273. The van der Waals surface area contributed by atoms with E-state index in [1.165, 1.54) is 0 Å². The Balaban J connectivity index is 2.31. The quantitative estimate of drug-likeness (QED) is 0.809. The standard InChI is InChI=1S/C11H14N6S/c1-6-4-8(10(12)18)14-11(13-6)15-9-5-7(2)17(3)16-9/h4-5H,1-3H3,(H2,12,18)(H,13,14,15,16). The summed E-state index contributed by atoms with van der Waals surface area (Å²) < 4.78 is 1.77. The molecule has 0 saturated carbocycles. The lowest BCUT2D eigenvalue weighted by Crippen LogP contribution is -2.13. The molecule has 6 nitrogen and oxygen atoms in total. The van der Waals surface area contributed by atoms with Gasteiger partial charge in [-0.2, -0.15) is 5.10 Å². The number of anilines is 2. The molecule has 18 heavy (non-hydrogen) atoms. The van der Waals surface area contributed by atoms with E-state index in [4.69, 9.17) is 18.0 Å². The number of aryl methyl sites for hydroxylation is 3. The van der Waals surface area contributed by atoms with E-state index in [-0.39, 0.29) is 4.99 Å². The highest BCUT2D eigenvalue weighted by atomic mass is 32.1. The Kier molecular flexibility index (Phi) is 3.24. The number of nitrogens with two attached hydrogens (primary N) is 1. The zero-order valence-electron chi connectivity index (χ0n) is 10.4. The summed E-state index contributed by atoms with van der Waals surface area (Å²) in [6.45, 7) is 3.83. The normalized spacial score (nSPS) is 10.4. The molecule has 0 aromatic carbocycles. The molecule has 0 atom stereocenters. The van der Waals surface area contributed by atoms with Gasteiger partial charge in [-0.25, -0.2) is 9.97 Å². The fourth-order valence-corrected chi connectivity index (χ4v) is 1.59. The summed E-state index contributed by atoms with van der Waals surface area (Å²) in [6, 6.07) is 3.66. The minimum absolute atomic E-state index is 0.251. The minimum atomic E-state index is 0.251. The lowest BCUT2D eigenvalue weighted by atomic mass is 10.3. The average Bonchev–Trinajstić information content (AvgIpc) is 2.56. The highest BCUT2D eigenvalue weighted by Crippen LogP contribution is 2.13. The molecular weight excluding hydrogens is 248 g/mol. The maximum atomic E-state index is 5.57. The summed E-state index contributed by atoms with van der Waals surface area (Å²) in [6.07, 6.45) is 0. The summed E-state index contributed by atoms with van der Waals surface area (Å²) in [5.41, 5.74) is 7.95. The first-order valence-electron chi connectivity index (χ1n) is 5.39.